The van der Waals surface area contributed by atoms with Gasteiger partial charge in [0.2, 0.25) is 5.91 Å². The molecular formula is C23H24N2O. The average molecular weight is 344 g/mol. The Balaban J connectivity index is 1.61. The first-order valence-corrected chi connectivity index (χ1v) is 9.57. The fourth-order valence-electron chi connectivity index (χ4n) is 5.10. The maximum absolute atomic E-state index is 12.7. The molecule has 2 aromatic carbocycles. The maximum atomic E-state index is 12.7. The lowest BCUT2D eigenvalue weighted by molar-refractivity contribution is -0.129. The molecule has 26 heavy (non-hydrogen) atoms. The zero-order valence-electron chi connectivity index (χ0n) is 15.4. The number of aromatic amines is 1. The van der Waals surface area contributed by atoms with E-state index >= 15 is 0 Å². The average Bonchev–Trinajstić information content (AvgIpc) is 3.14. The van der Waals surface area contributed by atoms with Crippen molar-refractivity contribution in [3.05, 3.63) is 70.4 Å². The van der Waals surface area contributed by atoms with Crippen molar-refractivity contribution in [3.8, 4) is 0 Å². The molecule has 2 aliphatic rings. The highest BCUT2D eigenvalue weighted by molar-refractivity contribution is 5.89. The molecule has 1 amide bonds. The van der Waals surface area contributed by atoms with Crippen molar-refractivity contribution in [2.75, 3.05) is 6.54 Å². The third kappa shape index (κ3) is 2.30. The van der Waals surface area contributed by atoms with Crippen LogP contribution in [-0.4, -0.2) is 22.3 Å². The molecule has 132 valence electrons. The van der Waals surface area contributed by atoms with Gasteiger partial charge in [-0.25, -0.2) is 0 Å². The van der Waals surface area contributed by atoms with E-state index in [1.165, 1.54) is 38.9 Å². The normalized spacial score (nSPS) is 21.9. The fourth-order valence-corrected chi connectivity index (χ4v) is 5.10. The van der Waals surface area contributed by atoms with Crippen molar-refractivity contribution in [1.29, 1.82) is 0 Å². The highest BCUT2D eigenvalue weighted by atomic mass is 16.2. The van der Waals surface area contributed by atoms with E-state index in [-0.39, 0.29) is 6.04 Å². The molecule has 0 aliphatic carbocycles. The van der Waals surface area contributed by atoms with Gasteiger partial charge >= 0.3 is 0 Å². The second kappa shape index (κ2) is 5.73. The van der Waals surface area contributed by atoms with Gasteiger partial charge in [-0.1, -0.05) is 42.0 Å². The summed E-state index contributed by atoms with van der Waals surface area (Å²) in [5, 5.41) is 1.36. The van der Waals surface area contributed by atoms with Gasteiger partial charge in [-0.15, -0.1) is 0 Å². The number of hydrogen-bond donors (Lipinski definition) is 1. The predicted molar refractivity (Wildman–Crippen MR) is 104 cm³/mol. The lowest BCUT2D eigenvalue weighted by Crippen LogP contribution is -2.35. The van der Waals surface area contributed by atoms with E-state index in [0.717, 1.165) is 19.4 Å². The number of aromatic nitrogens is 1. The minimum absolute atomic E-state index is 0.193. The smallest absolute Gasteiger partial charge is 0.223 e. The van der Waals surface area contributed by atoms with Crippen LogP contribution >= 0.6 is 0 Å². The number of carbonyl (C=O) groups excluding carboxylic acids is 1. The number of amides is 1. The van der Waals surface area contributed by atoms with Crippen LogP contribution in [0.5, 0.6) is 0 Å². The van der Waals surface area contributed by atoms with E-state index in [1.807, 2.05) is 0 Å². The maximum Gasteiger partial charge on any atom is 0.223 e. The topological polar surface area (TPSA) is 36.1 Å². The Labute approximate surface area is 154 Å². The summed E-state index contributed by atoms with van der Waals surface area (Å²) in [6.45, 7) is 5.19. The molecule has 0 spiro atoms. The quantitative estimate of drug-likeness (QED) is 0.731. The summed E-state index contributed by atoms with van der Waals surface area (Å²) in [6, 6.07) is 15.3. The van der Waals surface area contributed by atoms with Crippen LogP contribution in [0.3, 0.4) is 0 Å². The van der Waals surface area contributed by atoms with E-state index in [2.05, 4.69) is 66.2 Å². The Morgan fingerprint density at radius 1 is 1.15 bits per heavy atom. The number of benzene rings is 2. The molecule has 1 N–H and O–H groups in total. The van der Waals surface area contributed by atoms with E-state index in [9.17, 15) is 4.79 Å². The van der Waals surface area contributed by atoms with Crippen molar-refractivity contribution >= 4 is 16.8 Å². The van der Waals surface area contributed by atoms with E-state index in [0.29, 0.717) is 18.2 Å². The molecule has 1 saturated heterocycles. The summed E-state index contributed by atoms with van der Waals surface area (Å²) in [6.07, 6.45) is 2.57. The van der Waals surface area contributed by atoms with Gasteiger partial charge in [0.15, 0.2) is 0 Å². The zero-order chi connectivity index (χ0) is 17.8. The molecule has 2 aliphatic heterocycles. The van der Waals surface area contributed by atoms with Crippen LogP contribution in [0.2, 0.25) is 0 Å². The van der Waals surface area contributed by atoms with Crippen LogP contribution in [0.25, 0.3) is 10.9 Å². The molecule has 0 saturated carbocycles. The van der Waals surface area contributed by atoms with Crippen molar-refractivity contribution in [1.82, 2.24) is 9.88 Å². The largest absolute Gasteiger partial charge is 0.356 e. The molecule has 3 aromatic rings. The molecule has 3 nitrogen and oxygen atoms in total. The first-order valence-electron chi connectivity index (χ1n) is 9.57. The van der Waals surface area contributed by atoms with Gasteiger partial charge in [0.05, 0.1) is 6.04 Å². The van der Waals surface area contributed by atoms with E-state index in [4.69, 9.17) is 0 Å². The first kappa shape index (κ1) is 15.7. The minimum atomic E-state index is 0.193. The van der Waals surface area contributed by atoms with Crippen molar-refractivity contribution in [2.24, 2.45) is 5.92 Å². The van der Waals surface area contributed by atoms with Gasteiger partial charge in [0, 0.05) is 29.6 Å². The molecule has 1 fully saturated rings. The van der Waals surface area contributed by atoms with Crippen molar-refractivity contribution < 1.29 is 4.79 Å². The molecule has 5 rings (SSSR count). The number of aryl methyl sites for hydroxylation is 2. The highest BCUT2D eigenvalue weighted by Gasteiger charge is 2.44. The molecular weight excluding hydrogens is 320 g/mol. The molecule has 0 unspecified atom stereocenters. The molecule has 3 heteroatoms. The Hall–Kier alpha value is -2.55. The second-order valence-electron chi connectivity index (χ2n) is 7.96. The van der Waals surface area contributed by atoms with Crippen LogP contribution in [0.15, 0.2) is 42.5 Å². The lowest BCUT2D eigenvalue weighted by atomic mass is 9.87. The molecule has 1 aromatic heterocycles. The SMILES string of the molecule is Cc1cc(C)c2[nH]c3c(c2c1)CCN1C(=O)C[C@@H](Cc2ccccc2)[C@@H]31. The summed E-state index contributed by atoms with van der Waals surface area (Å²) in [5.41, 5.74) is 7.89. The van der Waals surface area contributed by atoms with Crippen LogP contribution in [-0.2, 0) is 17.6 Å². The number of nitrogens with one attached hydrogen (secondary N) is 1. The van der Waals surface area contributed by atoms with Crippen LogP contribution in [0.4, 0.5) is 0 Å². The number of nitrogens with zero attached hydrogens (tertiary/aromatic N) is 1. The summed E-state index contributed by atoms with van der Waals surface area (Å²) < 4.78 is 0. The lowest BCUT2D eigenvalue weighted by Gasteiger charge is -2.33. The fraction of sp³-hybridized carbons (Fsp3) is 0.348. The molecule has 0 bridgehead atoms. The molecule has 3 heterocycles. The third-order valence-electron chi connectivity index (χ3n) is 6.17. The van der Waals surface area contributed by atoms with Gasteiger partial charge in [-0.2, -0.15) is 0 Å². The van der Waals surface area contributed by atoms with Crippen LogP contribution < -0.4 is 0 Å². The Morgan fingerprint density at radius 3 is 2.77 bits per heavy atom. The Kier molecular flexibility index (Phi) is 3.46. The molecule has 2 atom stereocenters. The standard InChI is InChI=1S/C23H24N2O/c1-14-10-15(2)21-19(11-14)18-8-9-25-20(26)13-17(23(25)22(18)24-21)12-16-6-4-3-5-7-16/h3-7,10-11,17,23-24H,8-9,12-13H2,1-2H3/t17-,23+/m1/s1. The van der Waals surface area contributed by atoms with E-state index < -0.39 is 0 Å². The summed E-state index contributed by atoms with van der Waals surface area (Å²) in [4.78, 5) is 18.5. The van der Waals surface area contributed by atoms with Crippen LogP contribution in [0, 0.1) is 19.8 Å². The first-order chi connectivity index (χ1) is 12.6. The Bertz CT molecular complexity index is 1000. The predicted octanol–water partition coefficient (Wildman–Crippen LogP) is 4.47. The number of carbonyl (C=O) groups is 1. The molecule has 0 radical (unpaired) electrons. The van der Waals surface area contributed by atoms with Gasteiger partial charge in [0.1, 0.15) is 0 Å². The van der Waals surface area contributed by atoms with Crippen molar-refractivity contribution in [2.45, 2.75) is 39.2 Å². The number of hydrogen-bond acceptors (Lipinski definition) is 1. The monoisotopic (exact) mass is 344 g/mol. The summed E-state index contributed by atoms with van der Waals surface area (Å²) in [7, 11) is 0. The van der Waals surface area contributed by atoms with Gasteiger partial charge < -0.3 is 9.88 Å². The summed E-state index contributed by atoms with van der Waals surface area (Å²) in [5.74, 6) is 0.659. The number of fused-ring (bicyclic) bond motifs is 5. The second-order valence-corrected chi connectivity index (χ2v) is 7.96. The number of H-pyrrole nitrogens is 1. The van der Waals surface area contributed by atoms with Gasteiger partial charge in [-0.3, -0.25) is 4.79 Å². The van der Waals surface area contributed by atoms with Crippen LogP contribution in [0.1, 0.15) is 40.4 Å². The summed E-state index contributed by atoms with van der Waals surface area (Å²) >= 11 is 0. The highest BCUT2D eigenvalue weighted by Crippen LogP contribution is 2.45. The minimum Gasteiger partial charge on any atom is -0.356 e. The zero-order valence-corrected chi connectivity index (χ0v) is 15.4. The van der Waals surface area contributed by atoms with Gasteiger partial charge in [-0.05, 0) is 55.4 Å². The van der Waals surface area contributed by atoms with Gasteiger partial charge in [0.25, 0.3) is 0 Å². The Morgan fingerprint density at radius 2 is 1.96 bits per heavy atom. The van der Waals surface area contributed by atoms with Crippen molar-refractivity contribution in [3.63, 3.8) is 0 Å². The third-order valence-corrected chi connectivity index (χ3v) is 6.17. The number of rotatable bonds is 2. The van der Waals surface area contributed by atoms with E-state index in [1.54, 1.807) is 0 Å².